The van der Waals surface area contributed by atoms with Crippen molar-refractivity contribution in [3.8, 4) is 17.2 Å². The quantitative estimate of drug-likeness (QED) is 0.907. The highest BCUT2D eigenvalue weighted by Crippen LogP contribution is 2.23. The van der Waals surface area contributed by atoms with Crippen LogP contribution in [0.4, 0.5) is 0 Å². The van der Waals surface area contributed by atoms with E-state index in [1.165, 1.54) is 0 Å². The summed E-state index contributed by atoms with van der Waals surface area (Å²) in [5.41, 5.74) is 3.26. The number of hydrogen-bond acceptors (Lipinski definition) is 2. The van der Waals surface area contributed by atoms with Gasteiger partial charge in [-0.1, -0.05) is 54.6 Å². The van der Waals surface area contributed by atoms with Gasteiger partial charge in [-0.15, -0.1) is 0 Å². The normalized spacial score (nSPS) is 9.63. The molecule has 0 fully saturated rings. The second kappa shape index (κ2) is 6.36. The molecule has 0 aromatic heterocycles. The van der Waals surface area contributed by atoms with Crippen molar-refractivity contribution >= 4 is 5.91 Å². The average Bonchev–Trinajstić information content (AvgIpc) is 2.47. The number of carbonyl (C=O) groups excluding carboxylic acids is 1. The molecule has 1 N–H and O–H groups in total. The first kappa shape index (κ1) is 12.8. The molecule has 0 aliphatic rings. The van der Waals surface area contributed by atoms with E-state index in [2.05, 4.69) is 5.32 Å². The zero-order chi connectivity index (χ0) is 13.5. The number of carbonyl (C=O) groups is 1. The summed E-state index contributed by atoms with van der Waals surface area (Å²) in [4.78, 5) is 11.3. The molecule has 0 spiro atoms. The maximum Gasteiger partial charge on any atom is 0.234 e. The van der Waals surface area contributed by atoms with Crippen LogP contribution in [-0.2, 0) is 11.3 Å². The Balaban J connectivity index is 2.18. The Labute approximate surface area is 112 Å². The molecule has 3 heteroatoms. The summed E-state index contributed by atoms with van der Waals surface area (Å²) in [6.45, 7) is 0.436. The van der Waals surface area contributed by atoms with Crippen molar-refractivity contribution in [3.63, 3.8) is 0 Å². The van der Waals surface area contributed by atoms with Crippen molar-refractivity contribution < 1.29 is 4.79 Å². The summed E-state index contributed by atoms with van der Waals surface area (Å²) in [6.07, 6.45) is -0.104. The molecule has 2 aromatic carbocycles. The third-order valence-electron chi connectivity index (χ3n) is 2.82. The van der Waals surface area contributed by atoms with Crippen molar-refractivity contribution in [1.29, 1.82) is 5.26 Å². The van der Waals surface area contributed by atoms with Crippen LogP contribution in [-0.4, -0.2) is 5.91 Å². The van der Waals surface area contributed by atoms with Crippen LogP contribution in [0, 0.1) is 11.3 Å². The Hall–Kier alpha value is -2.60. The number of benzene rings is 2. The molecular weight excluding hydrogens is 236 g/mol. The van der Waals surface area contributed by atoms with Crippen LogP contribution in [0.15, 0.2) is 54.6 Å². The lowest BCUT2D eigenvalue weighted by atomic mass is 10.00. The lowest BCUT2D eigenvalue weighted by Crippen LogP contribution is -2.22. The molecule has 94 valence electrons. The number of nitrogens with zero attached hydrogens (tertiary/aromatic N) is 1. The molecule has 0 unspecified atom stereocenters. The molecule has 2 aromatic rings. The summed E-state index contributed by atoms with van der Waals surface area (Å²) in [7, 11) is 0. The molecule has 0 bridgehead atoms. The maximum absolute atomic E-state index is 11.3. The summed E-state index contributed by atoms with van der Waals surface area (Å²) >= 11 is 0. The fourth-order valence-corrected chi connectivity index (χ4v) is 1.90. The Morgan fingerprint density at radius 1 is 1.05 bits per heavy atom. The first-order chi connectivity index (χ1) is 9.31. The van der Waals surface area contributed by atoms with Gasteiger partial charge in [-0.3, -0.25) is 4.79 Å². The molecule has 0 heterocycles. The van der Waals surface area contributed by atoms with Gasteiger partial charge in [0, 0.05) is 6.54 Å². The Morgan fingerprint density at radius 3 is 2.47 bits per heavy atom. The van der Waals surface area contributed by atoms with Gasteiger partial charge in [0.05, 0.1) is 6.07 Å². The summed E-state index contributed by atoms with van der Waals surface area (Å²) in [5.74, 6) is -0.245. The lowest BCUT2D eigenvalue weighted by molar-refractivity contribution is -0.120. The number of nitrogens with one attached hydrogen (secondary N) is 1. The summed E-state index contributed by atoms with van der Waals surface area (Å²) in [5, 5.41) is 11.2. The van der Waals surface area contributed by atoms with Crippen LogP contribution in [0.2, 0.25) is 0 Å². The van der Waals surface area contributed by atoms with Crippen LogP contribution in [0.1, 0.15) is 12.0 Å². The minimum atomic E-state index is -0.245. The number of amides is 1. The van der Waals surface area contributed by atoms with Gasteiger partial charge in [0.2, 0.25) is 5.91 Å². The second-order valence-electron chi connectivity index (χ2n) is 4.13. The molecule has 1 amide bonds. The number of nitriles is 1. The van der Waals surface area contributed by atoms with Gasteiger partial charge in [0.25, 0.3) is 0 Å². The molecule has 19 heavy (non-hydrogen) atoms. The minimum absolute atomic E-state index is 0.104. The second-order valence-corrected chi connectivity index (χ2v) is 4.13. The van der Waals surface area contributed by atoms with Crippen molar-refractivity contribution in [1.82, 2.24) is 5.32 Å². The average molecular weight is 250 g/mol. The highest BCUT2D eigenvalue weighted by molar-refractivity contribution is 5.78. The van der Waals surface area contributed by atoms with Gasteiger partial charge in [-0.05, 0) is 16.7 Å². The van der Waals surface area contributed by atoms with E-state index in [9.17, 15) is 4.79 Å². The fraction of sp³-hybridized carbons (Fsp3) is 0.125. The smallest absolute Gasteiger partial charge is 0.234 e. The standard InChI is InChI=1S/C16H14N2O/c17-11-10-16(19)18-12-14-8-4-5-9-15(14)13-6-2-1-3-7-13/h1-9H,10,12H2,(H,18,19). The van der Waals surface area contributed by atoms with Crippen molar-refractivity contribution in [2.45, 2.75) is 13.0 Å². The van der Waals surface area contributed by atoms with E-state index in [4.69, 9.17) is 5.26 Å². The first-order valence-corrected chi connectivity index (χ1v) is 6.08. The molecule has 0 atom stereocenters. The van der Waals surface area contributed by atoms with E-state index >= 15 is 0 Å². The SMILES string of the molecule is N#CCC(=O)NCc1ccccc1-c1ccccc1. The molecule has 2 rings (SSSR count). The van der Waals surface area contributed by atoms with Gasteiger partial charge in [-0.25, -0.2) is 0 Å². The van der Waals surface area contributed by atoms with E-state index in [0.717, 1.165) is 16.7 Å². The van der Waals surface area contributed by atoms with E-state index in [1.54, 1.807) is 0 Å². The van der Waals surface area contributed by atoms with Crippen molar-refractivity contribution in [2.24, 2.45) is 0 Å². The van der Waals surface area contributed by atoms with Crippen LogP contribution < -0.4 is 5.32 Å². The van der Waals surface area contributed by atoms with Gasteiger partial charge in [-0.2, -0.15) is 5.26 Å². The third-order valence-corrected chi connectivity index (χ3v) is 2.82. The van der Waals surface area contributed by atoms with E-state index < -0.39 is 0 Å². The number of rotatable bonds is 4. The first-order valence-electron chi connectivity index (χ1n) is 6.08. The highest BCUT2D eigenvalue weighted by atomic mass is 16.1. The van der Waals surface area contributed by atoms with Crippen LogP contribution in [0.5, 0.6) is 0 Å². The molecule has 0 saturated heterocycles. The molecule has 0 aliphatic carbocycles. The Bertz CT molecular complexity index is 600. The minimum Gasteiger partial charge on any atom is -0.351 e. The topological polar surface area (TPSA) is 52.9 Å². The lowest BCUT2D eigenvalue weighted by Gasteiger charge is -2.10. The largest absolute Gasteiger partial charge is 0.351 e. The predicted molar refractivity (Wildman–Crippen MR) is 74.0 cm³/mol. The highest BCUT2D eigenvalue weighted by Gasteiger charge is 2.05. The van der Waals surface area contributed by atoms with E-state index in [1.807, 2.05) is 60.7 Å². The predicted octanol–water partition coefficient (Wildman–Crippen LogP) is 2.88. The zero-order valence-corrected chi connectivity index (χ0v) is 10.5. The van der Waals surface area contributed by atoms with Crippen molar-refractivity contribution in [3.05, 3.63) is 60.2 Å². The van der Waals surface area contributed by atoms with Gasteiger partial charge < -0.3 is 5.32 Å². The van der Waals surface area contributed by atoms with Crippen LogP contribution >= 0.6 is 0 Å². The fourth-order valence-electron chi connectivity index (χ4n) is 1.90. The van der Waals surface area contributed by atoms with Crippen molar-refractivity contribution in [2.75, 3.05) is 0 Å². The molecule has 3 nitrogen and oxygen atoms in total. The zero-order valence-electron chi connectivity index (χ0n) is 10.5. The third kappa shape index (κ3) is 3.43. The Morgan fingerprint density at radius 2 is 1.74 bits per heavy atom. The molecule has 0 aliphatic heterocycles. The summed E-state index contributed by atoms with van der Waals surface area (Å²) in [6, 6.07) is 19.8. The van der Waals surface area contributed by atoms with E-state index in [0.29, 0.717) is 6.54 Å². The van der Waals surface area contributed by atoms with E-state index in [-0.39, 0.29) is 12.3 Å². The van der Waals surface area contributed by atoms with Gasteiger partial charge >= 0.3 is 0 Å². The van der Waals surface area contributed by atoms with Gasteiger partial charge in [0.15, 0.2) is 0 Å². The monoisotopic (exact) mass is 250 g/mol. The molecular formula is C16H14N2O. The van der Waals surface area contributed by atoms with Gasteiger partial charge in [0.1, 0.15) is 6.42 Å². The van der Waals surface area contributed by atoms with Crippen LogP contribution in [0.3, 0.4) is 0 Å². The van der Waals surface area contributed by atoms with Crippen LogP contribution in [0.25, 0.3) is 11.1 Å². The number of hydrogen-bond donors (Lipinski definition) is 1. The summed E-state index contributed by atoms with van der Waals surface area (Å²) < 4.78 is 0. The molecule has 0 saturated carbocycles. The Kier molecular flexibility index (Phi) is 4.30. The maximum atomic E-state index is 11.3. The molecule has 0 radical (unpaired) electrons.